The Morgan fingerprint density at radius 1 is 0.909 bits per heavy atom. The Bertz CT molecular complexity index is 691. The zero-order valence-electron chi connectivity index (χ0n) is 11.5. The van der Waals surface area contributed by atoms with Gasteiger partial charge < -0.3 is 11.5 Å². The normalized spacial score (nSPS) is 12.1. The Morgan fingerprint density at radius 3 is 2.00 bits per heavy atom. The van der Waals surface area contributed by atoms with Crippen molar-refractivity contribution in [1.29, 1.82) is 0 Å². The van der Waals surface area contributed by atoms with Gasteiger partial charge in [-0.2, -0.15) is 0 Å². The van der Waals surface area contributed by atoms with Crippen LogP contribution in [0, 0.1) is 5.92 Å². The van der Waals surface area contributed by atoms with Crippen LogP contribution in [0.3, 0.4) is 0 Å². The molecule has 0 aliphatic carbocycles. The van der Waals surface area contributed by atoms with Crippen LogP contribution in [0.4, 0.5) is 0 Å². The molecular formula is C16H14Cl2N2O2. The Hall–Kier alpha value is -2.04. The molecule has 0 heterocycles. The predicted molar refractivity (Wildman–Crippen MR) is 86.6 cm³/mol. The van der Waals surface area contributed by atoms with Crippen LogP contribution in [0.5, 0.6) is 0 Å². The van der Waals surface area contributed by atoms with Crippen LogP contribution in [0.2, 0.25) is 10.0 Å². The van der Waals surface area contributed by atoms with Crippen LogP contribution < -0.4 is 11.5 Å². The summed E-state index contributed by atoms with van der Waals surface area (Å²) in [5.41, 5.74) is 12.1. The van der Waals surface area contributed by atoms with Crippen molar-refractivity contribution in [3.8, 4) is 0 Å². The monoisotopic (exact) mass is 336 g/mol. The number of rotatable bonds is 5. The summed E-state index contributed by atoms with van der Waals surface area (Å²) in [6, 6.07) is 13.8. The number of nitrogens with two attached hydrogens (primary N) is 2. The number of hydrogen-bond donors (Lipinski definition) is 2. The molecule has 0 saturated heterocycles. The van der Waals surface area contributed by atoms with Crippen LogP contribution in [0.1, 0.15) is 17.0 Å². The SMILES string of the molecule is NC(=O)C(C(N)=O)C(c1ccccc1)c1ccc(Cl)cc1Cl. The smallest absolute Gasteiger partial charge is 0.230 e. The first-order valence-corrected chi connectivity index (χ1v) is 7.26. The van der Waals surface area contributed by atoms with Crippen molar-refractivity contribution in [3.63, 3.8) is 0 Å². The third kappa shape index (κ3) is 3.40. The summed E-state index contributed by atoms with van der Waals surface area (Å²) in [7, 11) is 0. The zero-order valence-corrected chi connectivity index (χ0v) is 13.0. The highest BCUT2D eigenvalue weighted by atomic mass is 35.5. The minimum absolute atomic E-state index is 0.342. The van der Waals surface area contributed by atoms with E-state index in [9.17, 15) is 9.59 Å². The maximum atomic E-state index is 11.8. The fourth-order valence-corrected chi connectivity index (χ4v) is 2.96. The lowest BCUT2D eigenvalue weighted by Crippen LogP contribution is -2.39. The average molecular weight is 337 g/mol. The molecule has 0 fully saturated rings. The van der Waals surface area contributed by atoms with Gasteiger partial charge in [-0.1, -0.05) is 59.6 Å². The van der Waals surface area contributed by atoms with Gasteiger partial charge in [-0.15, -0.1) is 0 Å². The number of amides is 2. The second-order valence-electron chi connectivity index (χ2n) is 4.84. The fraction of sp³-hybridized carbons (Fsp3) is 0.125. The van der Waals surface area contributed by atoms with Crippen molar-refractivity contribution in [3.05, 3.63) is 69.7 Å². The first-order valence-electron chi connectivity index (χ1n) is 6.50. The maximum Gasteiger partial charge on any atom is 0.230 e. The molecule has 6 heteroatoms. The topological polar surface area (TPSA) is 86.2 Å². The molecule has 4 nitrogen and oxygen atoms in total. The molecule has 4 N–H and O–H groups in total. The molecule has 22 heavy (non-hydrogen) atoms. The third-order valence-electron chi connectivity index (χ3n) is 3.40. The summed E-state index contributed by atoms with van der Waals surface area (Å²) in [6.07, 6.45) is 0. The molecule has 0 saturated carbocycles. The summed E-state index contributed by atoms with van der Waals surface area (Å²) < 4.78 is 0. The molecule has 2 amide bonds. The average Bonchev–Trinajstić information content (AvgIpc) is 2.45. The van der Waals surface area contributed by atoms with Gasteiger partial charge in [-0.3, -0.25) is 9.59 Å². The van der Waals surface area contributed by atoms with Gasteiger partial charge in [-0.25, -0.2) is 0 Å². The molecule has 2 aromatic rings. The quantitative estimate of drug-likeness (QED) is 0.822. The second-order valence-corrected chi connectivity index (χ2v) is 5.68. The van der Waals surface area contributed by atoms with E-state index >= 15 is 0 Å². The highest BCUT2D eigenvalue weighted by molar-refractivity contribution is 6.35. The van der Waals surface area contributed by atoms with Crippen molar-refractivity contribution in [2.24, 2.45) is 17.4 Å². The summed E-state index contributed by atoms with van der Waals surface area (Å²) >= 11 is 12.1. The number of primary amides is 2. The summed E-state index contributed by atoms with van der Waals surface area (Å²) in [5, 5.41) is 0.795. The standard InChI is InChI=1S/C16H14Cl2N2O2/c17-10-6-7-11(12(18)8-10)13(9-4-2-1-3-5-9)14(15(19)21)16(20)22/h1-8,13-14H,(H2,19,21)(H2,20,22). The van der Waals surface area contributed by atoms with E-state index in [1.807, 2.05) is 6.07 Å². The summed E-state index contributed by atoms with van der Waals surface area (Å²) in [4.78, 5) is 23.5. The molecule has 0 bridgehead atoms. The van der Waals surface area contributed by atoms with Crippen LogP contribution >= 0.6 is 23.2 Å². The van der Waals surface area contributed by atoms with Crippen molar-refractivity contribution in [2.75, 3.05) is 0 Å². The minimum Gasteiger partial charge on any atom is -0.369 e. The lowest BCUT2D eigenvalue weighted by atomic mass is 9.80. The first-order chi connectivity index (χ1) is 10.4. The molecule has 0 spiro atoms. The second kappa shape index (κ2) is 6.81. The van der Waals surface area contributed by atoms with Gasteiger partial charge in [0.25, 0.3) is 0 Å². The van der Waals surface area contributed by atoms with Crippen molar-refractivity contribution in [2.45, 2.75) is 5.92 Å². The molecule has 0 aliphatic rings. The van der Waals surface area contributed by atoms with E-state index in [0.29, 0.717) is 21.2 Å². The predicted octanol–water partition coefficient (Wildman–Crippen LogP) is 2.71. The number of carbonyl (C=O) groups is 2. The Kier molecular flexibility index (Phi) is 5.06. The number of benzene rings is 2. The number of carbonyl (C=O) groups excluding carboxylic acids is 2. The molecule has 1 atom stereocenters. The zero-order chi connectivity index (χ0) is 16.3. The number of hydrogen-bond acceptors (Lipinski definition) is 2. The fourth-order valence-electron chi connectivity index (χ4n) is 2.43. The molecule has 2 rings (SSSR count). The van der Waals surface area contributed by atoms with Crippen LogP contribution in [0.15, 0.2) is 48.5 Å². The molecule has 114 valence electrons. The van der Waals surface area contributed by atoms with Crippen LogP contribution in [-0.2, 0) is 9.59 Å². The Labute approximate surface area is 138 Å². The van der Waals surface area contributed by atoms with Gasteiger partial charge in [0.15, 0.2) is 0 Å². The van der Waals surface area contributed by atoms with Gasteiger partial charge in [0.05, 0.1) is 0 Å². The van der Waals surface area contributed by atoms with Crippen molar-refractivity contribution >= 4 is 35.0 Å². The van der Waals surface area contributed by atoms with Crippen LogP contribution in [-0.4, -0.2) is 11.8 Å². The molecule has 0 aliphatic heterocycles. The van der Waals surface area contributed by atoms with E-state index in [0.717, 1.165) is 0 Å². The van der Waals surface area contributed by atoms with E-state index in [2.05, 4.69) is 0 Å². The molecule has 2 aromatic carbocycles. The number of halogens is 2. The van der Waals surface area contributed by atoms with Crippen LogP contribution in [0.25, 0.3) is 0 Å². The van der Waals surface area contributed by atoms with Gasteiger partial charge in [0.1, 0.15) is 5.92 Å². The van der Waals surface area contributed by atoms with Gasteiger partial charge in [0.2, 0.25) is 11.8 Å². The van der Waals surface area contributed by atoms with Gasteiger partial charge in [-0.05, 0) is 23.3 Å². The highest BCUT2D eigenvalue weighted by Crippen LogP contribution is 2.37. The first kappa shape index (κ1) is 16.3. The summed E-state index contributed by atoms with van der Waals surface area (Å²) in [5.74, 6) is -3.47. The van der Waals surface area contributed by atoms with E-state index in [-0.39, 0.29) is 0 Å². The maximum absolute atomic E-state index is 11.8. The molecular weight excluding hydrogens is 323 g/mol. The highest BCUT2D eigenvalue weighted by Gasteiger charge is 2.35. The van der Waals surface area contributed by atoms with Gasteiger partial charge >= 0.3 is 0 Å². The lowest BCUT2D eigenvalue weighted by molar-refractivity contribution is -0.132. The lowest BCUT2D eigenvalue weighted by Gasteiger charge is -2.24. The third-order valence-corrected chi connectivity index (χ3v) is 3.97. The van der Waals surface area contributed by atoms with Crippen molar-refractivity contribution < 1.29 is 9.59 Å². The summed E-state index contributed by atoms with van der Waals surface area (Å²) in [6.45, 7) is 0. The van der Waals surface area contributed by atoms with E-state index in [1.54, 1.807) is 42.5 Å². The Balaban J connectivity index is 2.64. The molecule has 1 unspecified atom stereocenters. The largest absolute Gasteiger partial charge is 0.369 e. The van der Waals surface area contributed by atoms with E-state index < -0.39 is 23.7 Å². The van der Waals surface area contributed by atoms with Gasteiger partial charge in [0, 0.05) is 16.0 Å². The molecule has 0 aromatic heterocycles. The minimum atomic E-state index is -1.21. The molecule has 0 radical (unpaired) electrons. The van der Waals surface area contributed by atoms with E-state index in [4.69, 9.17) is 34.7 Å². The van der Waals surface area contributed by atoms with E-state index in [1.165, 1.54) is 0 Å². The Morgan fingerprint density at radius 2 is 1.50 bits per heavy atom. The van der Waals surface area contributed by atoms with Crippen molar-refractivity contribution in [1.82, 2.24) is 0 Å².